The lowest BCUT2D eigenvalue weighted by atomic mass is 9.33. The number of carboxylic acids is 1. The van der Waals surface area contributed by atoms with Crippen molar-refractivity contribution >= 4 is 11.9 Å². The minimum Gasteiger partial charge on any atom is -0.481 e. The number of esters is 1. The van der Waals surface area contributed by atoms with Crippen LogP contribution in [-0.4, -0.2) is 34.5 Å². The Bertz CT molecular complexity index is 1030. The Kier molecular flexibility index (Phi) is 6.52. The molecule has 0 aromatic heterocycles. The second-order valence-corrected chi connectivity index (χ2v) is 15.3. The van der Waals surface area contributed by atoms with Crippen LogP contribution in [0.25, 0.3) is 0 Å². The van der Waals surface area contributed by atoms with E-state index in [1.165, 1.54) is 12.5 Å². The fourth-order valence-electron chi connectivity index (χ4n) is 11.4. The molecular formula is C32H50O6. The van der Waals surface area contributed by atoms with Crippen molar-refractivity contribution in [1.82, 2.24) is 0 Å². The molecule has 0 radical (unpaired) electrons. The van der Waals surface area contributed by atoms with Gasteiger partial charge in [-0.3, -0.25) is 14.8 Å². The molecule has 0 aromatic rings. The van der Waals surface area contributed by atoms with Gasteiger partial charge in [0.25, 0.3) is 0 Å². The number of hydrogen-bond donors (Lipinski definition) is 2. The number of carbonyl (C=O) groups excluding carboxylic acids is 1. The van der Waals surface area contributed by atoms with Crippen LogP contribution in [0.2, 0.25) is 0 Å². The molecule has 5 rings (SSSR count). The van der Waals surface area contributed by atoms with Gasteiger partial charge in [-0.1, -0.05) is 60.1 Å². The number of ether oxygens (including phenoxy) is 1. The predicted molar refractivity (Wildman–Crippen MR) is 145 cm³/mol. The van der Waals surface area contributed by atoms with Crippen molar-refractivity contribution in [2.24, 2.45) is 56.7 Å². The van der Waals surface area contributed by atoms with Crippen molar-refractivity contribution in [1.29, 1.82) is 0 Å². The third-order valence-corrected chi connectivity index (χ3v) is 13.7. The monoisotopic (exact) mass is 530 g/mol. The van der Waals surface area contributed by atoms with Gasteiger partial charge in [0.05, 0.1) is 5.41 Å². The molecule has 0 aliphatic heterocycles. The first-order valence-corrected chi connectivity index (χ1v) is 15.0. The van der Waals surface area contributed by atoms with E-state index < -0.39 is 17.5 Å². The van der Waals surface area contributed by atoms with Gasteiger partial charge in [0.15, 0.2) is 0 Å². The van der Waals surface area contributed by atoms with Crippen LogP contribution in [-0.2, 0) is 19.2 Å². The fraction of sp³-hybridized carbons (Fsp3) is 0.875. The molecule has 4 saturated carbocycles. The van der Waals surface area contributed by atoms with Crippen LogP contribution in [0.3, 0.4) is 0 Å². The van der Waals surface area contributed by atoms with Crippen molar-refractivity contribution in [2.75, 3.05) is 0 Å². The van der Waals surface area contributed by atoms with Crippen molar-refractivity contribution in [3.63, 3.8) is 0 Å². The SMILES string of the molecule is CC(=O)O[C@H]1CC[C@]2(C)[C@H]3[C@H](OO)C=C4[C@@H]5[C@@H](C)[C@H](C)CC[C@]5(C(=O)O)CC[C@@]4(C)[C@]3(C)CC[C@H]2C1(C)C. The van der Waals surface area contributed by atoms with Crippen molar-refractivity contribution in [3.8, 4) is 0 Å². The highest BCUT2D eigenvalue weighted by molar-refractivity contribution is 5.76. The van der Waals surface area contributed by atoms with Crippen LogP contribution in [0.15, 0.2) is 11.6 Å². The van der Waals surface area contributed by atoms with E-state index in [0.717, 1.165) is 44.9 Å². The average molecular weight is 531 g/mol. The van der Waals surface area contributed by atoms with Crippen molar-refractivity contribution in [3.05, 3.63) is 11.6 Å². The van der Waals surface area contributed by atoms with Gasteiger partial charge in [-0.05, 0) is 91.3 Å². The Balaban J connectivity index is 1.64. The molecule has 6 heteroatoms. The Labute approximate surface area is 228 Å². The zero-order chi connectivity index (χ0) is 28.1. The van der Waals surface area contributed by atoms with Crippen LogP contribution >= 0.6 is 0 Å². The molecule has 0 bridgehead atoms. The summed E-state index contributed by atoms with van der Waals surface area (Å²) in [6, 6.07) is 0. The molecule has 0 unspecified atom stereocenters. The second-order valence-electron chi connectivity index (χ2n) is 15.3. The minimum atomic E-state index is -0.730. The first kappa shape index (κ1) is 28.1. The molecule has 0 aromatic carbocycles. The highest BCUT2D eigenvalue weighted by Crippen LogP contribution is 2.76. The molecule has 11 atom stereocenters. The van der Waals surface area contributed by atoms with E-state index in [-0.39, 0.29) is 51.5 Å². The molecule has 4 fully saturated rings. The molecule has 214 valence electrons. The van der Waals surface area contributed by atoms with Gasteiger partial charge in [0.2, 0.25) is 0 Å². The lowest BCUT2D eigenvalue weighted by Gasteiger charge is -2.72. The fourth-order valence-corrected chi connectivity index (χ4v) is 11.4. The van der Waals surface area contributed by atoms with Gasteiger partial charge in [-0.2, -0.15) is 0 Å². The summed E-state index contributed by atoms with van der Waals surface area (Å²) in [7, 11) is 0. The lowest BCUT2D eigenvalue weighted by Crippen LogP contribution is -2.68. The van der Waals surface area contributed by atoms with Crippen LogP contribution in [0.5, 0.6) is 0 Å². The van der Waals surface area contributed by atoms with Gasteiger partial charge in [0.1, 0.15) is 12.2 Å². The molecule has 0 amide bonds. The highest BCUT2D eigenvalue weighted by Gasteiger charge is 2.71. The normalized spacial score (nSPS) is 51.4. The van der Waals surface area contributed by atoms with E-state index >= 15 is 0 Å². The maximum absolute atomic E-state index is 12.9. The third kappa shape index (κ3) is 3.44. The van der Waals surface area contributed by atoms with E-state index in [0.29, 0.717) is 18.3 Å². The zero-order valence-corrected chi connectivity index (χ0v) is 24.8. The maximum Gasteiger partial charge on any atom is 0.310 e. The summed E-state index contributed by atoms with van der Waals surface area (Å²) in [6.45, 7) is 17.7. The largest absolute Gasteiger partial charge is 0.481 e. The van der Waals surface area contributed by atoms with Crippen LogP contribution in [0, 0.1) is 56.7 Å². The van der Waals surface area contributed by atoms with Crippen molar-refractivity contribution < 1.29 is 29.6 Å². The van der Waals surface area contributed by atoms with E-state index in [2.05, 4.69) is 54.5 Å². The van der Waals surface area contributed by atoms with E-state index in [4.69, 9.17) is 9.62 Å². The maximum atomic E-state index is 12.9. The number of hydrogen-bond acceptors (Lipinski definition) is 5. The highest BCUT2D eigenvalue weighted by atomic mass is 17.1. The van der Waals surface area contributed by atoms with Crippen molar-refractivity contribution in [2.45, 2.75) is 119 Å². The molecule has 0 saturated heterocycles. The summed E-state index contributed by atoms with van der Waals surface area (Å²) in [5.41, 5.74) is -0.108. The average Bonchev–Trinajstić information content (AvgIpc) is 2.83. The Morgan fingerprint density at radius 1 is 0.947 bits per heavy atom. The molecule has 38 heavy (non-hydrogen) atoms. The summed E-state index contributed by atoms with van der Waals surface area (Å²) in [5, 5.41) is 21.1. The lowest BCUT2D eigenvalue weighted by molar-refractivity contribution is -0.323. The van der Waals surface area contributed by atoms with Gasteiger partial charge < -0.3 is 9.84 Å². The van der Waals surface area contributed by atoms with E-state index in [1.807, 2.05) is 0 Å². The van der Waals surface area contributed by atoms with Crippen LogP contribution < -0.4 is 0 Å². The summed E-state index contributed by atoms with van der Waals surface area (Å²) < 4.78 is 5.85. The van der Waals surface area contributed by atoms with Gasteiger partial charge >= 0.3 is 11.9 Å². The smallest absolute Gasteiger partial charge is 0.310 e. The third-order valence-electron chi connectivity index (χ3n) is 13.7. The zero-order valence-electron chi connectivity index (χ0n) is 24.8. The molecule has 6 nitrogen and oxygen atoms in total. The first-order chi connectivity index (χ1) is 17.6. The topological polar surface area (TPSA) is 93.1 Å². The molecule has 0 spiro atoms. The number of rotatable bonds is 3. The summed E-state index contributed by atoms with van der Waals surface area (Å²) in [6.07, 6.45) is 8.55. The number of fused-ring (bicyclic) bond motifs is 7. The van der Waals surface area contributed by atoms with Gasteiger partial charge in [-0.25, -0.2) is 4.89 Å². The molecule has 5 aliphatic rings. The van der Waals surface area contributed by atoms with Crippen LogP contribution in [0.1, 0.15) is 107 Å². The minimum absolute atomic E-state index is 0.0420. The first-order valence-electron chi connectivity index (χ1n) is 15.0. The Morgan fingerprint density at radius 2 is 1.63 bits per heavy atom. The van der Waals surface area contributed by atoms with Crippen LogP contribution in [0.4, 0.5) is 0 Å². The summed E-state index contributed by atoms with van der Waals surface area (Å²) in [4.78, 5) is 30.3. The molecular weight excluding hydrogens is 480 g/mol. The van der Waals surface area contributed by atoms with E-state index in [9.17, 15) is 20.0 Å². The predicted octanol–water partition coefficient (Wildman–Crippen LogP) is 7.13. The number of aliphatic carboxylic acids is 1. The number of allylic oxidation sites excluding steroid dienone is 1. The van der Waals surface area contributed by atoms with Gasteiger partial charge in [-0.15, -0.1) is 0 Å². The number of carbonyl (C=O) groups is 2. The van der Waals surface area contributed by atoms with Gasteiger partial charge in [0, 0.05) is 18.3 Å². The summed E-state index contributed by atoms with van der Waals surface area (Å²) in [5.74, 6) is 0.201. The molecule has 5 aliphatic carbocycles. The Morgan fingerprint density at radius 3 is 2.24 bits per heavy atom. The van der Waals surface area contributed by atoms with E-state index in [1.54, 1.807) is 0 Å². The second kappa shape index (κ2) is 8.80. The summed E-state index contributed by atoms with van der Waals surface area (Å²) >= 11 is 0. The molecule has 2 N–H and O–H groups in total. The Hall–Kier alpha value is -1.40. The quantitative estimate of drug-likeness (QED) is 0.174. The molecule has 0 heterocycles. The number of carboxylic acid groups (broad SMARTS) is 1. The standard InChI is InChI=1S/C32H50O6/c1-18-9-14-32(27(34)35)16-15-30(7)21(25(32)19(18)2)17-22(38-36)26-29(6)12-11-24(37-20(3)33)28(4,5)23(29)10-13-31(26,30)8/h17-19,22-26,36H,9-16H2,1-8H3,(H,34,35)/t18-,19+,22-,23+,24+,25+,26-,29+,30-,31-,32+/m1/s1.